The van der Waals surface area contributed by atoms with Gasteiger partial charge in [-0.25, -0.2) is 4.79 Å². The molecule has 0 unspecified atom stereocenters. The lowest BCUT2D eigenvalue weighted by Gasteiger charge is -2.11. The standard InChI is InChI=1S/C18H18N2O5/c1-3-25-18(24)12-6-4-5-7-13(12)19-16(22)17(23)20-14-9-8-11(2)10-15(14)21/h4-10,21H,3H2,1-2H3,(H,19,22)(H,20,23). The number of phenols is 1. The summed E-state index contributed by atoms with van der Waals surface area (Å²) in [6, 6.07) is 10.8. The van der Waals surface area contributed by atoms with E-state index in [2.05, 4.69) is 10.6 Å². The number of ether oxygens (including phenoxy) is 1. The fourth-order valence-corrected chi connectivity index (χ4v) is 2.08. The number of aryl methyl sites for hydroxylation is 1. The van der Waals surface area contributed by atoms with E-state index in [-0.39, 0.29) is 29.3 Å². The second kappa shape index (κ2) is 7.96. The van der Waals surface area contributed by atoms with Crippen LogP contribution in [-0.2, 0) is 14.3 Å². The van der Waals surface area contributed by atoms with E-state index in [9.17, 15) is 19.5 Å². The number of rotatable bonds is 4. The fourth-order valence-electron chi connectivity index (χ4n) is 2.08. The summed E-state index contributed by atoms with van der Waals surface area (Å²) in [5, 5.41) is 14.5. The van der Waals surface area contributed by atoms with Crippen LogP contribution >= 0.6 is 0 Å². The number of nitrogens with one attached hydrogen (secondary N) is 2. The van der Waals surface area contributed by atoms with Gasteiger partial charge >= 0.3 is 17.8 Å². The summed E-state index contributed by atoms with van der Waals surface area (Å²) in [7, 11) is 0. The normalized spacial score (nSPS) is 10.0. The van der Waals surface area contributed by atoms with Crippen molar-refractivity contribution in [2.24, 2.45) is 0 Å². The van der Waals surface area contributed by atoms with Gasteiger partial charge < -0.3 is 20.5 Å². The van der Waals surface area contributed by atoms with Crippen molar-refractivity contribution in [3.05, 3.63) is 53.6 Å². The summed E-state index contributed by atoms with van der Waals surface area (Å²) in [6.45, 7) is 3.64. The molecule has 0 spiro atoms. The smallest absolute Gasteiger partial charge is 0.340 e. The van der Waals surface area contributed by atoms with Gasteiger partial charge in [-0.05, 0) is 43.7 Å². The SMILES string of the molecule is CCOC(=O)c1ccccc1NC(=O)C(=O)Nc1ccc(C)cc1O. The largest absolute Gasteiger partial charge is 0.506 e. The molecule has 0 aliphatic heterocycles. The van der Waals surface area contributed by atoms with E-state index in [0.29, 0.717) is 0 Å². The summed E-state index contributed by atoms with van der Waals surface area (Å²) in [5.41, 5.74) is 1.23. The Hall–Kier alpha value is -3.35. The van der Waals surface area contributed by atoms with Gasteiger partial charge in [0.25, 0.3) is 0 Å². The molecule has 2 aromatic rings. The average molecular weight is 342 g/mol. The molecule has 130 valence electrons. The molecule has 0 bridgehead atoms. The van der Waals surface area contributed by atoms with Gasteiger partial charge in [-0.3, -0.25) is 9.59 Å². The van der Waals surface area contributed by atoms with E-state index in [0.717, 1.165) is 5.56 Å². The van der Waals surface area contributed by atoms with E-state index in [4.69, 9.17) is 4.74 Å². The maximum absolute atomic E-state index is 12.1. The highest BCUT2D eigenvalue weighted by Gasteiger charge is 2.19. The molecule has 25 heavy (non-hydrogen) atoms. The fraction of sp³-hybridized carbons (Fsp3) is 0.167. The van der Waals surface area contributed by atoms with Gasteiger partial charge in [-0.1, -0.05) is 18.2 Å². The van der Waals surface area contributed by atoms with Crippen molar-refractivity contribution in [3.63, 3.8) is 0 Å². The molecule has 7 nitrogen and oxygen atoms in total. The van der Waals surface area contributed by atoms with Crippen LogP contribution < -0.4 is 10.6 Å². The molecule has 0 fully saturated rings. The highest BCUT2D eigenvalue weighted by Crippen LogP contribution is 2.24. The van der Waals surface area contributed by atoms with E-state index in [1.165, 1.54) is 24.3 Å². The summed E-state index contributed by atoms with van der Waals surface area (Å²) in [4.78, 5) is 36.0. The van der Waals surface area contributed by atoms with Gasteiger partial charge in [0.2, 0.25) is 0 Å². The predicted octanol–water partition coefficient (Wildman–Crippen LogP) is 2.45. The Morgan fingerprint density at radius 3 is 2.28 bits per heavy atom. The van der Waals surface area contributed by atoms with Crippen molar-refractivity contribution < 1.29 is 24.2 Å². The number of benzene rings is 2. The Morgan fingerprint density at radius 1 is 1.00 bits per heavy atom. The topological polar surface area (TPSA) is 105 Å². The first-order chi connectivity index (χ1) is 11.9. The van der Waals surface area contributed by atoms with Crippen molar-refractivity contribution in [2.75, 3.05) is 17.2 Å². The summed E-state index contributed by atoms with van der Waals surface area (Å²) in [6.07, 6.45) is 0. The van der Waals surface area contributed by atoms with Crippen molar-refractivity contribution in [1.82, 2.24) is 0 Å². The van der Waals surface area contributed by atoms with Crippen LogP contribution in [0.15, 0.2) is 42.5 Å². The highest BCUT2D eigenvalue weighted by atomic mass is 16.5. The molecule has 0 aliphatic carbocycles. The van der Waals surface area contributed by atoms with Crippen molar-refractivity contribution in [1.29, 1.82) is 0 Å². The zero-order valence-corrected chi connectivity index (χ0v) is 13.8. The number of carbonyl (C=O) groups excluding carboxylic acids is 3. The third-order valence-corrected chi connectivity index (χ3v) is 3.28. The van der Waals surface area contributed by atoms with Gasteiger partial charge in [0.1, 0.15) is 5.75 Å². The molecular weight excluding hydrogens is 324 g/mol. The van der Waals surface area contributed by atoms with Crippen LogP contribution in [0.25, 0.3) is 0 Å². The number of amides is 2. The monoisotopic (exact) mass is 342 g/mol. The van der Waals surface area contributed by atoms with Gasteiger partial charge in [0.05, 0.1) is 23.5 Å². The van der Waals surface area contributed by atoms with Crippen molar-refractivity contribution >= 4 is 29.2 Å². The second-order valence-electron chi connectivity index (χ2n) is 5.19. The Morgan fingerprint density at radius 2 is 1.64 bits per heavy atom. The van der Waals surface area contributed by atoms with Crippen molar-refractivity contribution in [2.45, 2.75) is 13.8 Å². The summed E-state index contributed by atoms with van der Waals surface area (Å²) < 4.78 is 4.91. The number of hydrogen-bond donors (Lipinski definition) is 3. The van der Waals surface area contributed by atoms with Crippen LogP contribution in [-0.4, -0.2) is 29.5 Å². The van der Waals surface area contributed by atoms with E-state index in [1.54, 1.807) is 32.0 Å². The Bertz CT molecular complexity index is 817. The van der Waals surface area contributed by atoms with E-state index >= 15 is 0 Å². The quantitative estimate of drug-likeness (QED) is 0.450. The molecule has 0 radical (unpaired) electrons. The number of anilines is 2. The van der Waals surface area contributed by atoms with Crippen molar-refractivity contribution in [3.8, 4) is 5.75 Å². The Kier molecular flexibility index (Phi) is 5.73. The van der Waals surface area contributed by atoms with E-state index < -0.39 is 17.8 Å². The molecule has 0 aromatic heterocycles. The number of para-hydroxylation sites is 1. The first kappa shape index (κ1) is 18.0. The maximum Gasteiger partial charge on any atom is 0.340 e. The first-order valence-corrected chi connectivity index (χ1v) is 7.60. The minimum Gasteiger partial charge on any atom is -0.506 e. The van der Waals surface area contributed by atoms with Gasteiger partial charge in [0.15, 0.2) is 0 Å². The highest BCUT2D eigenvalue weighted by molar-refractivity contribution is 6.44. The summed E-state index contributed by atoms with van der Waals surface area (Å²) >= 11 is 0. The lowest BCUT2D eigenvalue weighted by atomic mass is 10.1. The average Bonchev–Trinajstić information content (AvgIpc) is 2.58. The minimum atomic E-state index is -0.975. The molecule has 0 saturated carbocycles. The molecule has 0 atom stereocenters. The molecule has 2 rings (SSSR count). The number of phenolic OH excluding ortho intramolecular Hbond substituents is 1. The third kappa shape index (κ3) is 4.57. The summed E-state index contributed by atoms with van der Waals surface area (Å²) in [5.74, 6) is -2.70. The molecule has 3 N–H and O–H groups in total. The Balaban J connectivity index is 2.11. The molecule has 0 heterocycles. The Labute approximate surface area is 144 Å². The number of aromatic hydroxyl groups is 1. The molecular formula is C18H18N2O5. The molecule has 0 aliphatic rings. The van der Waals surface area contributed by atoms with Gasteiger partial charge in [-0.15, -0.1) is 0 Å². The maximum atomic E-state index is 12.1. The second-order valence-corrected chi connectivity index (χ2v) is 5.19. The first-order valence-electron chi connectivity index (χ1n) is 7.60. The van der Waals surface area contributed by atoms with Crippen LogP contribution in [0.3, 0.4) is 0 Å². The molecule has 7 heteroatoms. The number of carbonyl (C=O) groups is 3. The van der Waals surface area contributed by atoms with Crippen LogP contribution in [0.4, 0.5) is 11.4 Å². The third-order valence-electron chi connectivity index (χ3n) is 3.28. The number of hydrogen-bond acceptors (Lipinski definition) is 5. The minimum absolute atomic E-state index is 0.115. The van der Waals surface area contributed by atoms with Crippen LogP contribution in [0, 0.1) is 6.92 Å². The van der Waals surface area contributed by atoms with Gasteiger partial charge in [0, 0.05) is 0 Å². The zero-order chi connectivity index (χ0) is 18.4. The molecule has 2 amide bonds. The molecule has 0 saturated heterocycles. The van der Waals surface area contributed by atoms with Crippen LogP contribution in [0.1, 0.15) is 22.8 Å². The zero-order valence-electron chi connectivity index (χ0n) is 13.8. The molecule has 2 aromatic carbocycles. The van der Waals surface area contributed by atoms with E-state index in [1.807, 2.05) is 0 Å². The van der Waals surface area contributed by atoms with Crippen LogP contribution in [0.5, 0.6) is 5.75 Å². The number of esters is 1. The van der Waals surface area contributed by atoms with Crippen LogP contribution in [0.2, 0.25) is 0 Å². The lowest BCUT2D eigenvalue weighted by Crippen LogP contribution is -2.29. The predicted molar refractivity (Wildman–Crippen MR) is 92.5 cm³/mol. The lowest BCUT2D eigenvalue weighted by molar-refractivity contribution is -0.133. The van der Waals surface area contributed by atoms with Gasteiger partial charge in [-0.2, -0.15) is 0 Å².